The topological polar surface area (TPSA) is 113 Å². The molecule has 0 spiro atoms. The van der Waals surface area contributed by atoms with Crippen molar-refractivity contribution >= 4 is 55.8 Å². The smallest absolute Gasteiger partial charge is 0.338 e. The number of esters is 1. The molecule has 9 nitrogen and oxygen atoms in total. The third kappa shape index (κ3) is 5.51. The minimum absolute atomic E-state index is 0.00311. The van der Waals surface area contributed by atoms with Gasteiger partial charge in [0.2, 0.25) is 0 Å². The van der Waals surface area contributed by atoms with Gasteiger partial charge < -0.3 is 14.0 Å². The molecule has 0 aliphatic carbocycles. The van der Waals surface area contributed by atoms with Crippen LogP contribution in [-0.2, 0) is 20.8 Å². The Balaban J connectivity index is 1.94. The Hall–Kier alpha value is -3.15. The van der Waals surface area contributed by atoms with Gasteiger partial charge in [-0.1, -0.05) is 22.7 Å². The molecule has 0 N–H and O–H groups in total. The Morgan fingerprint density at radius 1 is 1.26 bits per heavy atom. The average molecular weight is 462 g/mol. The van der Waals surface area contributed by atoms with Crippen molar-refractivity contribution in [3.8, 4) is 0 Å². The summed E-state index contributed by atoms with van der Waals surface area (Å²) in [7, 11) is 1.58. The number of fused-ring (bicyclic) bond motifs is 1. The highest BCUT2D eigenvalue weighted by Crippen LogP contribution is 2.25. The number of hydrogen-bond donors (Lipinski definition) is 0. The highest BCUT2D eigenvalue weighted by molar-refractivity contribution is 7.16. The lowest BCUT2D eigenvalue weighted by atomic mass is 10.2. The van der Waals surface area contributed by atoms with Crippen molar-refractivity contribution in [1.29, 1.82) is 0 Å². The number of thiophene rings is 1. The van der Waals surface area contributed by atoms with Crippen molar-refractivity contribution in [3.05, 3.63) is 61.8 Å². The molecule has 1 amide bonds. The van der Waals surface area contributed by atoms with Gasteiger partial charge in [-0.15, -0.1) is 0 Å². The van der Waals surface area contributed by atoms with Gasteiger partial charge in [0.15, 0.2) is 4.80 Å². The summed E-state index contributed by atoms with van der Waals surface area (Å²) in [5.74, 6) is -0.914. The van der Waals surface area contributed by atoms with E-state index in [1.807, 2.05) is 4.57 Å². The molecule has 0 aliphatic rings. The molecular weight excluding hydrogens is 442 g/mol. The number of hydrogen-bond acceptors (Lipinski definition) is 8. The zero-order chi connectivity index (χ0) is 22.4. The maximum absolute atomic E-state index is 12.4. The first kappa shape index (κ1) is 22.5. The molecule has 0 aliphatic heterocycles. The SMILES string of the molecule is CCOC(=O)c1ccc2c(c1)sc(=NC(=O)C=Cc1ccc([N+](=O)[O-])s1)n2CCOC. The third-order valence-corrected chi connectivity index (χ3v) is 6.14. The van der Waals surface area contributed by atoms with E-state index in [9.17, 15) is 19.7 Å². The third-order valence-electron chi connectivity index (χ3n) is 4.10. The van der Waals surface area contributed by atoms with E-state index in [4.69, 9.17) is 9.47 Å². The van der Waals surface area contributed by atoms with E-state index in [0.29, 0.717) is 28.4 Å². The van der Waals surface area contributed by atoms with Crippen molar-refractivity contribution < 1.29 is 24.0 Å². The van der Waals surface area contributed by atoms with E-state index in [0.717, 1.165) is 21.6 Å². The maximum Gasteiger partial charge on any atom is 0.338 e. The molecule has 0 atom stereocenters. The molecule has 0 unspecified atom stereocenters. The minimum Gasteiger partial charge on any atom is -0.462 e. The van der Waals surface area contributed by atoms with Gasteiger partial charge >= 0.3 is 11.0 Å². The molecule has 2 heterocycles. The number of aromatic nitrogens is 1. The molecule has 31 heavy (non-hydrogen) atoms. The summed E-state index contributed by atoms with van der Waals surface area (Å²) in [4.78, 5) is 39.9. The van der Waals surface area contributed by atoms with E-state index < -0.39 is 16.8 Å². The zero-order valence-corrected chi connectivity index (χ0v) is 18.4. The van der Waals surface area contributed by atoms with Crippen molar-refractivity contribution in [3.63, 3.8) is 0 Å². The first-order chi connectivity index (χ1) is 14.9. The molecule has 1 aromatic carbocycles. The van der Waals surface area contributed by atoms with E-state index in [1.165, 1.54) is 29.6 Å². The second kappa shape index (κ2) is 10.2. The average Bonchev–Trinajstić information content (AvgIpc) is 3.35. The minimum atomic E-state index is -0.501. The predicted molar refractivity (Wildman–Crippen MR) is 118 cm³/mol. The van der Waals surface area contributed by atoms with Crippen LogP contribution >= 0.6 is 22.7 Å². The number of carbonyl (C=O) groups is 2. The number of amides is 1. The first-order valence-electron chi connectivity index (χ1n) is 9.23. The number of rotatable bonds is 8. The van der Waals surface area contributed by atoms with Gasteiger partial charge in [-0.2, -0.15) is 4.99 Å². The summed E-state index contributed by atoms with van der Waals surface area (Å²) in [6.45, 7) is 2.92. The Morgan fingerprint density at radius 3 is 2.74 bits per heavy atom. The summed E-state index contributed by atoms with van der Waals surface area (Å²) >= 11 is 2.25. The van der Waals surface area contributed by atoms with Crippen molar-refractivity contribution in [2.24, 2.45) is 4.99 Å². The van der Waals surface area contributed by atoms with Crippen LogP contribution in [0.25, 0.3) is 16.3 Å². The van der Waals surface area contributed by atoms with Crippen LogP contribution in [0.1, 0.15) is 22.2 Å². The molecule has 3 rings (SSSR count). The standard InChI is InChI=1S/C20H19N3O6S2/c1-3-29-19(25)13-4-7-15-16(12-13)31-20(22(15)10-11-28-2)21-17(24)8-5-14-6-9-18(30-14)23(26)27/h4-9,12H,3,10-11H2,1-2H3. The monoisotopic (exact) mass is 461 g/mol. The van der Waals surface area contributed by atoms with Gasteiger partial charge in [-0.3, -0.25) is 14.9 Å². The molecule has 11 heteroatoms. The van der Waals surface area contributed by atoms with Crippen molar-refractivity contribution in [1.82, 2.24) is 4.57 Å². The summed E-state index contributed by atoms with van der Waals surface area (Å²) < 4.78 is 12.8. The van der Waals surface area contributed by atoms with Crippen LogP contribution in [0, 0.1) is 10.1 Å². The Morgan fingerprint density at radius 2 is 2.06 bits per heavy atom. The lowest BCUT2D eigenvalue weighted by Crippen LogP contribution is -2.18. The van der Waals surface area contributed by atoms with Crippen LogP contribution < -0.4 is 4.80 Å². The summed E-state index contributed by atoms with van der Waals surface area (Å²) in [5.41, 5.74) is 1.24. The van der Waals surface area contributed by atoms with E-state index >= 15 is 0 Å². The molecule has 3 aromatic rings. The number of benzene rings is 1. The molecule has 162 valence electrons. The van der Waals surface area contributed by atoms with E-state index in [1.54, 1.807) is 38.3 Å². The molecular formula is C20H19N3O6S2. The second-order valence-corrected chi connectivity index (χ2v) is 8.25. The molecule has 0 radical (unpaired) electrons. The number of ether oxygens (including phenoxy) is 2. The molecule has 0 fully saturated rings. The Labute approximate surface area is 185 Å². The largest absolute Gasteiger partial charge is 0.462 e. The van der Waals surface area contributed by atoms with Crippen LogP contribution in [0.5, 0.6) is 0 Å². The predicted octanol–water partition coefficient (Wildman–Crippen LogP) is 3.64. The number of nitrogens with zero attached hydrogens (tertiary/aromatic N) is 3. The van der Waals surface area contributed by atoms with Gasteiger partial charge in [0.25, 0.3) is 5.91 Å². The molecule has 2 aromatic heterocycles. The van der Waals surface area contributed by atoms with Crippen molar-refractivity contribution in [2.75, 3.05) is 20.3 Å². The van der Waals surface area contributed by atoms with Crippen LogP contribution in [0.15, 0.2) is 41.4 Å². The van der Waals surface area contributed by atoms with Crippen LogP contribution in [0.4, 0.5) is 5.00 Å². The fourth-order valence-electron chi connectivity index (χ4n) is 2.71. The molecule has 0 saturated carbocycles. The maximum atomic E-state index is 12.4. The van der Waals surface area contributed by atoms with Gasteiger partial charge in [0.1, 0.15) is 0 Å². The first-order valence-corrected chi connectivity index (χ1v) is 10.9. The van der Waals surface area contributed by atoms with Gasteiger partial charge in [0.05, 0.1) is 33.9 Å². The normalized spacial score (nSPS) is 12.0. The summed E-state index contributed by atoms with van der Waals surface area (Å²) in [5, 5.41) is 10.8. The number of thiazole rings is 1. The van der Waals surface area contributed by atoms with E-state index in [2.05, 4.69) is 4.99 Å². The van der Waals surface area contributed by atoms with Gasteiger partial charge in [-0.25, -0.2) is 4.79 Å². The summed E-state index contributed by atoms with van der Waals surface area (Å²) in [6.07, 6.45) is 2.76. The Kier molecular flexibility index (Phi) is 7.45. The highest BCUT2D eigenvalue weighted by atomic mass is 32.1. The number of methoxy groups -OCH3 is 1. The van der Waals surface area contributed by atoms with Crippen LogP contribution in [0.2, 0.25) is 0 Å². The van der Waals surface area contributed by atoms with E-state index in [-0.39, 0.29) is 11.6 Å². The zero-order valence-electron chi connectivity index (χ0n) is 16.8. The highest BCUT2D eigenvalue weighted by Gasteiger charge is 2.12. The lowest BCUT2D eigenvalue weighted by molar-refractivity contribution is -0.380. The number of carbonyl (C=O) groups excluding carboxylic acids is 2. The lowest BCUT2D eigenvalue weighted by Gasteiger charge is -2.05. The van der Waals surface area contributed by atoms with Crippen molar-refractivity contribution in [2.45, 2.75) is 13.5 Å². The van der Waals surface area contributed by atoms with Crippen LogP contribution in [0.3, 0.4) is 0 Å². The molecule has 0 bridgehead atoms. The van der Waals surface area contributed by atoms with Gasteiger partial charge in [0, 0.05) is 30.7 Å². The Bertz CT molecular complexity index is 1220. The summed E-state index contributed by atoms with van der Waals surface area (Å²) in [6, 6.07) is 8.13. The second-order valence-electron chi connectivity index (χ2n) is 6.15. The fraction of sp³-hybridized carbons (Fsp3) is 0.250. The fourth-order valence-corrected chi connectivity index (χ4v) is 4.54. The van der Waals surface area contributed by atoms with Gasteiger partial charge in [-0.05, 0) is 37.3 Å². The number of nitro groups is 1. The molecule has 0 saturated heterocycles. The van der Waals surface area contributed by atoms with Crippen LogP contribution in [-0.4, -0.2) is 41.7 Å². The quantitative estimate of drug-likeness (QED) is 0.219.